The minimum atomic E-state index is -4.26. The Balaban J connectivity index is 4.18. The van der Waals surface area contributed by atoms with Crippen molar-refractivity contribution in [3.8, 4) is 0 Å². The number of rotatable bonds is 14. The predicted molar refractivity (Wildman–Crippen MR) is 90.3 cm³/mol. The molecule has 2 N–H and O–H groups in total. The van der Waals surface area contributed by atoms with Crippen molar-refractivity contribution in [1.29, 1.82) is 0 Å². The van der Waals surface area contributed by atoms with Gasteiger partial charge in [0.25, 0.3) is 0 Å². The van der Waals surface area contributed by atoms with Crippen molar-refractivity contribution < 1.29 is 33.4 Å². The molecule has 0 aliphatic heterocycles. The number of carbonyl (C=O) groups excluding carboxylic acids is 2. The third-order valence-electron chi connectivity index (χ3n) is 3.33. The highest BCUT2D eigenvalue weighted by atomic mass is 31.2. The molecule has 0 aliphatic carbocycles. The first-order valence-corrected chi connectivity index (χ1v) is 10.2. The number of hydrogen-bond donors (Lipinski definition) is 2. The summed E-state index contributed by atoms with van der Waals surface area (Å²) in [5, 5.41) is 0. The van der Waals surface area contributed by atoms with Gasteiger partial charge in [0.05, 0.1) is 12.6 Å². The minimum Gasteiger partial charge on any atom is -0.425 e. The van der Waals surface area contributed by atoms with Gasteiger partial charge >= 0.3 is 19.5 Å². The van der Waals surface area contributed by atoms with Crippen molar-refractivity contribution in [2.75, 3.05) is 6.16 Å². The number of esters is 2. The van der Waals surface area contributed by atoms with Crippen LogP contribution in [-0.2, 0) is 23.6 Å². The van der Waals surface area contributed by atoms with E-state index in [9.17, 15) is 14.2 Å². The van der Waals surface area contributed by atoms with Crippen LogP contribution < -0.4 is 0 Å². The van der Waals surface area contributed by atoms with Gasteiger partial charge in [-0.2, -0.15) is 0 Å². The minimum absolute atomic E-state index is 0.356. The zero-order chi connectivity index (χ0) is 18.4. The molecule has 8 heteroatoms. The van der Waals surface area contributed by atoms with E-state index in [0.29, 0.717) is 6.42 Å². The van der Waals surface area contributed by atoms with Crippen LogP contribution in [0.25, 0.3) is 0 Å². The molecule has 0 amide bonds. The Kier molecular flexibility index (Phi) is 12.5. The van der Waals surface area contributed by atoms with Crippen LogP contribution in [0.4, 0.5) is 0 Å². The van der Waals surface area contributed by atoms with Gasteiger partial charge in [0.2, 0.25) is 6.29 Å². The van der Waals surface area contributed by atoms with E-state index in [1.54, 1.807) is 0 Å². The molecule has 0 rings (SSSR count). The smallest absolute Gasteiger partial charge is 0.333 e. The summed E-state index contributed by atoms with van der Waals surface area (Å²) in [6.45, 7) is 5.43. The Labute approximate surface area is 143 Å². The molecule has 1 unspecified atom stereocenters. The fourth-order valence-electron chi connectivity index (χ4n) is 2.03. The van der Waals surface area contributed by atoms with Crippen LogP contribution in [0.15, 0.2) is 12.7 Å². The molecule has 0 bridgehead atoms. The topological polar surface area (TPSA) is 110 Å². The van der Waals surface area contributed by atoms with E-state index in [2.05, 4.69) is 13.5 Å². The highest BCUT2D eigenvalue weighted by Gasteiger charge is 2.21. The molecule has 0 heterocycles. The lowest BCUT2D eigenvalue weighted by molar-refractivity contribution is -0.185. The van der Waals surface area contributed by atoms with E-state index < -0.39 is 38.4 Å². The Morgan fingerprint density at radius 2 is 1.67 bits per heavy atom. The standard InChI is InChI=1S/C16H29O7P/c1-3-5-6-7-8-9-10-11-16(22-14(17)4-2)23-15(18)12-13-24(19,20)21/h4,16H,2-3,5-13H2,1H3,(H2,19,20,21). The Morgan fingerprint density at radius 1 is 1.08 bits per heavy atom. The lowest BCUT2D eigenvalue weighted by Gasteiger charge is -2.17. The fraction of sp³-hybridized carbons (Fsp3) is 0.750. The van der Waals surface area contributed by atoms with Crippen molar-refractivity contribution >= 4 is 19.5 Å². The summed E-state index contributed by atoms with van der Waals surface area (Å²) in [4.78, 5) is 40.4. The van der Waals surface area contributed by atoms with E-state index >= 15 is 0 Å². The Morgan fingerprint density at radius 3 is 2.21 bits per heavy atom. The van der Waals surface area contributed by atoms with Crippen LogP contribution in [0.3, 0.4) is 0 Å². The first kappa shape index (κ1) is 22.8. The molecule has 0 aromatic carbocycles. The summed E-state index contributed by atoms with van der Waals surface area (Å²) in [7, 11) is -4.26. The van der Waals surface area contributed by atoms with Crippen molar-refractivity contribution in [3.63, 3.8) is 0 Å². The summed E-state index contributed by atoms with van der Waals surface area (Å²) in [6, 6.07) is 0. The molecule has 0 fully saturated rings. The van der Waals surface area contributed by atoms with Gasteiger partial charge in [-0.25, -0.2) is 4.79 Å². The molecule has 0 aromatic rings. The number of hydrogen-bond acceptors (Lipinski definition) is 5. The highest BCUT2D eigenvalue weighted by Crippen LogP contribution is 2.35. The highest BCUT2D eigenvalue weighted by molar-refractivity contribution is 7.51. The van der Waals surface area contributed by atoms with Crippen LogP contribution in [0, 0.1) is 0 Å². The first-order valence-electron chi connectivity index (χ1n) is 8.35. The van der Waals surface area contributed by atoms with Crippen LogP contribution in [-0.4, -0.2) is 34.2 Å². The van der Waals surface area contributed by atoms with Crippen LogP contribution in [0.2, 0.25) is 0 Å². The maximum atomic E-state index is 11.6. The molecule has 0 saturated heterocycles. The van der Waals surface area contributed by atoms with Gasteiger partial charge in [0.15, 0.2) is 0 Å². The number of carbonyl (C=O) groups is 2. The monoisotopic (exact) mass is 364 g/mol. The molecule has 0 aliphatic rings. The molecule has 140 valence electrons. The van der Waals surface area contributed by atoms with E-state index in [0.717, 1.165) is 31.8 Å². The zero-order valence-electron chi connectivity index (χ0n) is 14.3. The van der Waals surface area contributed by atoms with Crippen LogP contribution in [0.1, 0.15) is 64.7 Å². The van der Waals surface area contributed by atoms with Crippen molar-refractivity contribution in [2.45, 2.75) is 71.0 Å². The SMILES string of the molecule is C=CC(=O)OC(CCCCCCCCC)OC(=O)CCP(=O)(O)O. The fourth-order valence-corrected chi connectivity index (χ4v) is 2.50. The van der Waals surface area contributed by atoms with Gasteiger partial charge in [-0.1, -0.05) is 52.0 Å². The van der Waals surface area contributed by atoms with Gasteiger partial charge < -0.3 is 19.3 Å². The molecule has 1 atom stereocenters. The number of ether oxygens (including phenoxy) is 2. The average molecular weight is 364 g/mol. The van der Waals surface area contributed by atoms with Crippen molar-refractivity contribution in [1.82, 2.24) is 0 Å². The molecule has 0 aromatic heterocycles. The van der Waals surface area contributed by atoms with Gasteiger partial charge in [-0.15, -0.1) is 0 Å². The predicted octanol–water partition coefficient (Wildman–Crippen LogP) is 3.29. The second kappa shape index (κ2) is 13.2. The molecule has 7 nitrogen and oxygen atoms in total. The average Bonchev–Trinajstić information content (AvgIpc) is 2.51. The molecule has 24 heavy (non-hydrogen) atoms. The lowest BCUT2D eigenvalue weighted by Crippen LogP contribution is -2.24. The summed E-state index contributed by atoms with van der Waals surface area (Å²) < 4.78 is 20.7. The molecular formula is C16H29O7P. The molecule has 0 saturated carbocycles. The van der Waals surface area contributed by atoms with Gasteiger partial charge in [0.1, 0.15) is 0 Å². The van der Waals surface area contributed by atoms with Gasteiger partial charge in [-0.05, 0) is 6.42 Å². The summed E-state index contributed by atoms with van der Waals surface area (Å²) >= 11 is 0. The maximum Gasteiger partial charge on any atom is 0.333 e. The van der Waals surface area contributed by atoms with Crippen LogP contribution in [0.5, 0.6) is 0 Å². The van der Waals surface area contributed by atoms with Crippen molar-refractivity contribution in [3.05, 3.63) is 12.7 Å². The molecule has 0 radical (unpaired) electrons. The first-order chi connectivity index (χ1) is 11.3. The Bertz CT molecular complexity index is 430. The molecular weight excluding hydrogens is 335 g/mol. The maximum absolute atomic E-state index is 11.6. The van der Waals surface area contributed by atoms with E-state index in [4.69, 9.17) is 19.3 Å². The number of unbranched alkanes of at least 4 members (excludes halogenated alkanes) is 6. The van der Waals surface area contributed by atoms with E-state index in [-0.39, 0.29) is 0 Å². The second-order valence-electron chi connectivity index (χ2n) is 5.61. The zero-order valence-corrected chi connectivity index (χ0v) is 15.2. The summed E-state index contributed by atoms with van der Waals surface area (Å²) in [5.41, 5.74) is 0. The Hall–Kier alpha value is -1.17. The van der Waals surface area contributed by atoms with Gasteiger partial charge in [-0.3, -0.25) is 9.36 Å². The second-order valence-corrected chi connectivity index (χ2v) is 7.39. The van der Waals surface area contributed by atoms with Crippen LogP contribution >= 0.6 is 7.60 Å². The quantitative estimate of drug-likeness (QED) is 0.160. The summed E-state index contributed by atoms with van der Waals surface area (Å²) in [5.74, 6) is -1.51. The molecule has 0 spiro atoms. The normalized spacial score (nSPS) is 12.5. The van der Waals surface area contributed by atoms with E-state index in [1.807, 2.05) is 0 Å². The largest absolute Gasteiger partial charge is 0.425 e. The van der Waals surface area contributed by atoms with E-state index in [1.165, 1.54) is 19.3 Å². The summed E-state index contributed by atoms with van der Waals surface area (Å²) in [6.07, 6.45) is 6.74. The lowest BCUT2D eigenvalue weighted by atomic mass is 10.1. The van der Waals surface area contributed by atoms with Gasteiger partial charge in [0, 0.05) is 12.5 Å². The third-order valence-corrected chi connectivity index (χ3v) is 4.13. The van der Waals surface area contributed by atoms with Crippen molar-refractivity contribution in [2.24, 2.45) is 0 Å². The third kappa shape index (κ3) is 14.4.